The predicted molar refractivity (Wildman–Crippen MR) is 98.6 cm³/mol. The van der Waals surface area contributed by atoms with Crippen molar-refractivity contribution in [2.45, 2.75) is 6.92 Å². The number of carbonyl (C=O) groups is 2. The molecule has 0 radical (unpaired) electrons. The predicted octanol–water partition coefficient (Wildman–Crippen LogP) is 3.55. The van der Waals surface area contributed by atoms with Crippen LogP contribution in [0.25, 0.3) is 0 Å². The molecule has 0 aliphatic rings. The van der Waals surface area contributed by atoms with Gasteiger partial charge in [-0.3, -0.25) is 0 Å². The van der Waals surface area contributed by atoms with E-state index in [-0.39, 0.29) is 24.5 Å². The zero-order chi connectivity index (χ0) is 18.9. The number of ether oxygens (including phenoxy) is 4. The van der Waals surface area contributed by atoms with E-state index in [0.717, 1.165) is 10.0 Å². The molecule has 0 aromatic heterocycles. The van der Waals surface area contributed by atoms with Crippen LogP contribution in [-0.4, -0.2) is 38.9 Å². The van der Waals surface area contributed by atoms with Gasteiger partial charge in [0.25, 0.3) is 0 Å². The van der Waals surface area contributed by atoms with Gasteiger partial charge in [-0.25, -0.2) is 9.59 Å². The fourth-order valence-corrected chi connectivity index (χ4v) is 2.54. The third-order valence-corrected chi connectivity index (χ3v) is 3.80. The molecule has 0 fully saturated rings. The van der Waals surface area contributed by atoms with E-state index < -0.39 is 11.9 Å². The Morgan fingerprint density at radius 1 is 1.08 bits per heavy atom. The number of aryl methyl sites for hydroxylation is 1. The summed E-state index contributed by atoms with van der Waals surface area (Å²) in [5, 5.41) is 0. The highest BCUT2D eigenvalue weighted by Gasteiger charge is 2.11. The first-order valence-electron chi connectivity index (χ1n) is 7.85. The van der Waals surface area contributed by atoms with Gasteiger partial charge in [-0.05, 0) is 48.9 Å². The van der Waals surface area contributed by atoms with Crippen LogP contribution in [0.4, 0.5) is 0 Å². The fraction of sp³-hybridized carbons (Fsp3) is 0.263. The van der Waals surface area contributed by atoms with E-state index in [0.29, 0.717) is 12.4 Å². The van der Waals surface area contributed by atoms with Crippen molar-refractivity contribution in [2.24, 2.45) is 0 Å². The molecule has 0 aliphatic heterocycles. The lowest BCUT2D eigenvalue weighted by Gasteiger charge is -2.10. The molecule has 0 bridgehead atoms. The van der Waals surface area contributed by atoms with Crippen LogP contribution >= 0.6 is 15.9 Å². The fourth-order valence-electron chi connectivity index (χ4n) is 2.06. The molecule has 0 atom stereocenters. The van der Waals surface area contributed by atoms with Crippen LogP contribution in [0, 0.1) is 6.92 Å². The van der Waals surface area contributed by atoms with E-state index >= 15 is 0 Å². The van der Waals surface area contributed by atoms with Crippen molar-refractivity contribution in [1.29, 1.82) is 0 Å². The summed E-state index contributed by atoms with van der Waals surface area (Å²) in [4.78, 5) is 23.9. The Labute approximate surface area is 160 Å². The van der Waals surface area contributed by atoms with Crippen LogP contribution in [0.3, 0.4) is 0 Å². The van der Waals surface area contributed by atoms with E-state index in [2.05, 4.69) is 15.9 Å². The van der Waals surface area contributed by atoms with Crippen molar-refractivity contribution in [3.8, 4) is 11.5 Å². The van der Waals surface area contributed by atoms with Crippen molar-refractivity contribution < 1.29 is 28.5 Å². The highest BCUT2D eigenvalue weighted by molar-refractivity contribution is 9.10. The summed E-state index contributed by atoms with van der Waals surface area (Å²) in [5.41, 5.74) is 1.18. The minimum atomic E-state index is -0.572. The molecule has 0 unspecified atom stereocenters. The van der Waals surface area contributed by atoms with Gasteiger partial charge < -0.3 is 18.9 Å². The van der Waals surface area contributed by atoms with Gasteiger partial charge in [-0.2, -0.15) is 0 Å². The summed E-state index contributed by atoms with van der Waals surface area (Å²) in [6.45, 7) is 2.10. The Kier molecular flexibility index (Phi) is 7.62. The van der Waals surface area contributed by atoms with Gasteiger partial charge in [0.1, 0.15) is 18.1 Å². The molecule has 2 aromatic carbocycles. The zero-order valence-electron chi connectivity index (χ0n) is 14.5. The van der Waals surface area contributed by atoms with Crippen LogP contribution in [-0.2, 0) is 14.3 Å². The molecule has 6 nitrogen and oxygen atoms in total. The van der Waals surface area contributed by atoms with E-state index in [1.165, 1.54) is 13.2 Å². The van der Waals surface area contributed by atoms with Crippen molar-refractivity contribution in [1.82, 2.24) is 0 Å². The number of rotatable bonds is 8. The lowest BCUT2D eigenvalue weighted by molar-refractivity contribution is -0.136. The van der Waals surface area contributed by atoms with E-state index in [1.54, 1.807) is 24.3 Å². The smallest absolute Gasteiger partial charge is 0.349 e. The van der Waals surface area contributed by atoms with E-state index in [4.69, 9.17) is 18.9 Å². The van der Waals surface area contributed by atoms with Crippen LogP contribution in [0.5, 0.6) is 11.5 Å². The van der Waals surface area contributed by atoms with Crippen LogP contribution in [0.15, 0.2) is 46.9 Å². The average molecular weight is 423 g/mol. The molecule has 7 heteroatoms. The first-order chi connectivity index (χ1) is 12.5. The molecule has 26 heavy (non-hydrogen) atoms. The summed E-state index contributed by atoms with van der Waals surface area (Å²) >= 11 is 3.37. The molecule has 2 rings (SSSR count). The molecule has 0 saturated carbocycles. The molecule has 0 amide bonds. The second kappa shape index (κ2) is 9.94. The Bertz CT molecular complexity index is 774. The number of methoxy groups -OCH3 is 1. The third kappa shape index (κ3) is 6.16. The van der Waals surface area contributed by atoms with Gasteiger partial charge in [-0.1, -0.05) is 22.0 Å². The van der Waals surface area contributed by atoms with Gasteiger partial charge in [0.05, 0.1) is 12.2 Å². The van der Waals surface area contributed by atoms with Crippen LogP contribution in [0.1, 0.15) is 15.9 Å². The van der Waals surface area contributed by atoms with Crippen molar-refractivity contribution in [3.05, 3.63) is 58.1 Å². The Hall–Kier alpha value is -2.38. The largest absolute Gasteiger partial charge is 0.482 e. The molecule has 0 N–H and O–H groups in total. The molecular formula is C19H19BrO6. The molecule has 0 spiro atoms. The lowest BCUT2D eigenvalue weighted by atomic mass is 10.2. The number of hydrogen-bond donors (Lipinski definition) is 0. The molecule has 138 valence electrons. The highest BCUT2D eigenvalue weighted by atomic mass is 79.9. The Morgan fingerprint density at radius 3 is 2.62 bits per heavy atom. The molecule has 0 aliphatic carbocycles. The number of benzene rings is 2. The maximum absolute atomic E-state index is 12.0. The highest BCUT2D eigenvalue weighted by Crippen LogP contribution is 2.22. The maximum atomic E-state index is 12.0. The molecular weight excluding hydrogens is 404 g/mol. The summed E-state index contributed by atoms with van der Waals surface area (Å²) in [7, 11) is 1.52. The maximum Gasteiger partial charge on any atom is 0.349 e. The summed E-state index contributed by atoms with van der Waals surface area (Å²) in [6.07, 6.45) is 0. The summed E-state index contributed by atoms with van der Waals surface area (Å²) in [6, 6.07) is 11.7. The molecule has 0 saturated heterocycles. The Balaban J connectivity index is 1.90. The lowest BCUT2D eigenvalue weighted by Crippen LogP contribution is -2.18. The quantitative estimate of drug-likeness (QED) is 0.368. The monoisotopic (exact) mass is 422 g/mol. The Morgan fingerprint density at radius 2 is 1.88 bits per heavy atom. The number of hydrogen-bond acceptors (Lipinski definition) is 6. The van der Waals surface area contributed by atoms with Gasteiger partial charge in [0, 0.05) is 11.6 Å². The topological polar surface area (TPSA) is 71.1 Å². The summed E-state index contributed by atoms with van der Waals surface area (Å²) in [5.74, 6) is -0.244. The standard InChI is InChI=1S/C19H19BrO6/c1-13-10-15(20)6-7-17(13)25-12-18(21)26-16-5-3-4-14(11-16)19(22)24-9-8-23-2/h3-7,10-11H,8-9,12H2,1-2H3. The van der Waals surface area contributed by atoms with Crippen LogP contribution < -0.4 is 9.47 Å². The number of carbonyl (C=O) groups excluding carboxylic acids is 2. The molecule has 0 heterocycles. The molecule has 2 aromatic rings. The average Bonchev–Trinajstić information content (AvgIpc) is 2.61. The minimum Gasteiger partial charge on any atom is -0.482 e. The van der Waals surface area contributed by atoms with Crippen LogP contribution in [0.2, 0.25) is 0 Å². The van der Waals surface area contributed by atoms with Gasteiger partial charge in [0.2, 0.25) is 0 Å². The second-order valence-corrected chi connectivity index (χ2v) is 6.24. The van der Waals surface area contributed by atoms with E-state index in [1.807, 2.05) is 19.1 Å². The van der Waals surface area contributed by atoms with E-state index in [9.17, 15) is 9.59 Å². The van der Waals surface area contributed by atoms with Crippen molar-refractivity contribution in [2.75, 3.05) is 26.9 Å². The normalized spacial score (nSPS) is 10.3. The van der Waals surface area contributed by atoms with Gasteiger partial charge in [0.15, 0.2) is 6.61 Å². The number of halogens is 1. The first-order valence-corrected chi connectivity index (χ1v) is 8.64. The SMILES string of the molecule is COCCOC(=O)c1cccc(OC(=O)COc2ccc(Br)cc2C)c1. The minimum absolute atomic E-state index is 0.153. The first kappa shape index (κ1) is 19.9. The van der Waals surface area contributed by atoms with Crippen molar-refractivity contribution in [3.63, 3.8) is 0 Å². The second-order valence-electron chi connectivity index (χ2n) is 5.33. The van der Waals surface area contributed by atoms with Gasteiger partial charge >= 0.3 is 11.9 Å². The van der Waals surface area contributed by atoms with Crippen molar-refractivity contribution >= 4 is 27.9 Å². The summed E-state index contributed by atoms with van der Waals surface area (Å²) < 4.78 is 21.5. The van der Waals surface area contributed by atoms with Gasteiger partial charge in [-0.15, -0.1) is 0 Å². The third-order valence-electron chi connectivity index (χ3n) is 3.30. The zero-order valence-corrected chi connectivity index (χ0v) is 16.1. The number of esters is 2.